The van der Waals surface area contributed by atoms with Gasteiger partial charge in [0.1, 0.15) is 0 Å². The Morgan fingerprint density at radius 3 is 2.75 bits per heavy atom. The van der Waals surface area contributed by atoms with Crippen molar-refractivity contribution in [3.63, 3.8) is 0 Å². The molecule has 0 saturated carbocycles. The van der Waals surface area contributed by atoms with Crippen LogP contribution in [0.4, 0.5) is 0 Å². The van der Waals surface area contributed by atoms with E-state index in [1.807, 2.05) is 4.90 Å². The lowest BCUT2D eigenvalue weighted by atomic mass is 9.97. The highest BCUT2D eigenvalue weighted by molar-refractivity contribution is 4.93. The molecule has 2 heterocycles. The molecule has 1 aromatic heterocycles. The minimum absolute atomic E-state index is 0.434. The molecule has 64 valence electrons. The monoisotopic (exact) mass is 165 g/mol. The van der Waals surface area contributed by atoms with Gasteiger partial charge in [-0.05, 0) is 25.9 Å². The fourth-order valence-corrected chi connectivity index (χ4v) is 1.50. The molecule has 0 aromatic carbocycles. The topological polar surface area (TPSA) is 57.7 Å². The van der Waals surface area contributed by atoms with Crippen molar-refractivity contribution >= 4 is 0 Å². The summed E-state index contributed by atoms with van der Waals surface area (Å²) in [7, 11) is 5.62. The minimum Gasteiger partial charge on any atom is -0.297 e. The van der Waals surface area contributed by atoms with Gasteiger partial charge in [-0.2, -0.15) is 5.21 Å². The number of aromatic nitrogens is 4. The predicted octanol–water partition coefficient (Wildman–Crippen LogP) is 0.0477. The molecule has 1 N–H and O–H groups in total. The fraction of sp³-hybridized carbons (Fsp3) is 0.714. The average molecular weight is 165 g/mol. The third kappa shape index (κ3) is 1.45. The van der Waals surface area contributed by atoms with E-state index >= 15 is 0 Å². The third-order valence-corrected chi connectivity index (χ3v) is 2.26. The molecule has 5 heteroatoms. The second-order valence-corrected chi connectivity index (χ2v) is 3.08. The quantitative estimate of drug-likeness (QED) is 0.638. The molecule has 2 radical (unpaired) electrons. The number of hydrogen-bond donors (Lipinski definition) is 1. The predicted molar refractivity (Wildman–Crippen MR) is 42.0 cm³/mol. The highest BCUT2D eigenvalue weighted by atomic mass is 15.5. The molecule has 1 aliphatic rings. The molecular formula is C7H11N5. The van der Waals surface area contributed by atoms with Crippen molar-refractivity contribution in [2.45, 2.75) is 18.8 Å². The maximum Gasteiger partial charge on any atom is 0.177 e. The number of tetrazole rings is 1. The number of piperidine rings is 1. The van der Waals surface area contributed by atoms with E-state index in [1.165, 1.54) is 0 Å². The molecule has 0 amide bonds. The molecule has 2 rings (SSSR count). The first-order chi connectivity index (χ1) is 5.86. The fourth-order valence-electron chi connectivity index (χ4n) is 1.50. The van der Waals surface area contributed by atoms with Crippen LogP contribution in [0.15, 0.2) is 0 Å². The smallest absolute Gasteiger partial charge is 0.177 e. The molecule has 0 unspecified atom stereocenters. The number of likely N-dealkylation sites (tertiary alicyclic amines) is 1. The first-order valence-electron chi connectivity index (χ1n) is 4.09. The highest BCUT2D eigenvalue weighted by Gasteiger charge is 2.21. The summed E-state index contributed by atoms with van der Waals surface area (Å²) in [6.07, 6.45) is 2.05. The zero-order valence-electron chi connectivity index (χ0n) is 6.77. The Morgan fingerprint density at radius 1 is 1.42 bits per heavy atom. The number of aromatic amines is 1. The van der Waals surface area contributed by atoms with Gasteiger partial charge in [-0.25, -0.2) is 0 Å². The number of nitrogens with zero attached hydrogens (tertiary/aromatic N) is 4. The minimum atomic E-state index is 0.434. The van der Waals surface area contributed by atoms with Gasteiger partial charge < -0.3 is 0 Å². The van der Waals surface area contributed by atoms with Crippen LogP contribution >= 0.6 is 0 Å². The van der Waals surface area contributed by atoms with Gasteiger partial charge >= 0.3 is 0 Å². The van der Waals surface area contributed by atoms with E-state index in [0.29, 0.717) is 5.92 Å². The van der Waals surface area contributed by atoms with Crippen LogP contribution in [0, 0.1) is 7.05 Å². The Labute approximate surface area is 71.1 Å². The Balaban J connectivity index is 1.99. The summed E-state index contributed by atoms with van der Waals surface area (Å²) < 4.78 is 0. The molecule has 0 aliphatic carbocycles. The largest absolute Gasteiger partial charge is 0.297 e. The van der Waals surface area contributed by atoms with Crippen LogP contribution in [0.3, 0.4) is 0 Å². The van der Waals surface area contributed by atoms with Crippen LogP contribution < -0.4 is 0 Å². The molecule has 0 bridgehead atoms. The molecule has 12 heavy (non-hydrogen) atoms. The SMILES string of the molecule is [CH]N1CCC(c2nn[nH]n2)CC1. The van der Waals surface area contributed by atoms with Crippen molar-refractivity contribution in [3.8, 4) is 0 Å². The summed E-state index contributed by atoms with van der Waals surface area (Å²) in [5.74, 6) is 1.26. The van der Waals surface area contributed by atoms with Crippen molar-refractivity contribution in [3.05, 3.63) is 12.9 Å². The number of hydrogen-bond acceptors (Lipinski definition) is 4. The van der Waals surface area contributed by atoms with Gasteiger partial charge in [0.25, 0.3) is 0 Å². The van der Waals surface area contributed by atoms with Gasteiger partial charge in [0.05, 0.1) is 0 Å². The molecule has 0 atom stereocenters. The molecule has 1 aliphatic heterocycles. The summed E-state index contributed by atoms with van der Waals surface area (Å²) in [5.41, 5.74) is 0. The van der Waals surface area contributed by atoms with Crippen molar-refractivity contribution in [1.29, 1.82) is 0 Å². The molecule has 1 saturated heterocycles. The molecular weight excluding hydrogens is 154 g/mol. The van der Waals surface area contributed by atoms with Crippen LogP contribution in [0.5, 0.6) is 0 Å². The second kappa shape index (κ2) is 3.18. The van der Waals surface area contributed by atoms with Gasteiger partial charge in [-0.15, -0.1) is 10.2 Å². The zero-order chi connectivity index (χ0) is 8.39. The first kappa shape index (κ1) is 7.67. The van der Waals surface area contributed by atoms with Crippen molar-refractivity contribution in [2.75, 3.05) is 13.1 Å². The van der Waals surface area contributed by atoms with E-state index < -0.39 is 0 Å². The summed E-state index contributed by atoms with van der Waals surface area (Å²) >= 11 is 0. The number of nitrogens with one attached hydrogen (secondary N) is 1. The number of H-pyrrole nitrogens is 1. The van der Waals surface area contributed by atoms with Gasteiger partial charge in [-0.1, -0.05) is 5.21 Å². The Morgan fingerprint density at radius 2 is 2.17 bits per heavy atom. The normalized spacial score (nSPS) is 21.4. The summed E-state index contributed by atoms with van der Waals surface area (Å²) in [6, 6.07) is 0. The van der Waals surface area contributed by atoms with Crippen LogP contribution in [-0.2, 0) is 0 Å². The lowest BCUT2D eigenvalue weighted by Gasteiger charge is -2.26. The summed E-state index contributed by atoms with van der Waals surface area (Å²) in [4.78, 5) is 1.83. The van der Waals surface area contributed by atoms with Crippen molar-refractivity contribution in [2.24, 2.45) is 0 Å². The van der Waals surface area contributed by atoms with E-state index in [2.05, 4.69) is 20.6 Å². The van der Waals surface area contributed by atoms with Crippen LogP contribution in [0.2, 0.25) is 0 Å². The third-order valence-electron chi connectivity index (χ3n) is 2.26. The maximum absolute atomic E-state index is 5.62. The van der Waals surface area contributed by atoms with E-state index in [4.69, 9.17) is 7.05 Å². The van der Waals surface area contributed by atoms with E-state index in [0.717, 1.165) is 31.8 Å². The van der Waals surface area contributed by atoms with Crippen molar-refractivity contribution < 1.29 is 0 Å². The van der Waals surface area contributed by atoms with Crippen LogP contribution in [0.25, 0.3) is 0 Å². The maximum atomic E-state index is 5.62. The van der Waals surface area contributed by atoms with Gasteiger partial charge in [0.2, 0.25) is 0 Å². The summed E-state index contributed by atoms with van der Waals surface area (Å²) in [5, 5.41) is 13.9. The van der Waals surface area contributed by atoms with Crippen LogP contribution in [0.1, 0.15) is 24.6 Å². The van der Waals surface area contributed by atoms with E-state index in [-0.39, 0.29) is 0 Å². The molecule has 1 fully saturated rings. The zero-order valence-corrected chi connectivity index (χ0v) is 6.77. The van der Waals surface area contributed by atoms with Crippen molar-refractivity contribution in [1.82, 2.24) is 25.5 Å². The number of rotatable bonds is 1. The Hall–Kier alpha value is -0.970. The van der Waals surface area contributed by atoms with E-state index in [9.17, 15) is 0 Å². The Bertz CT molecular complexity index is 224. The second-order valence-electron chi connectivity index (χ2n) is 3.08. The molecule has 1 aromatic rings. The Kier molecular flexibility index (Phi) is 2.03. The first-order valence-corrected chi connectivity index (χ1v) is 4.09. The lowest BCUT2D eigenvalue weighted by molar-refractivity contribution is 0.275. The van der Waals surface area contributed by atoms with Gasteiger partial charge in [0, 0.05) is 13.0 Å². The van der Waals surface area contributed by atoms with Gasteiger partial charge in [-0.3, -0.25) is 4.90 Å². The lowest BCUT2D eigenvalue weighted by Crippen LogP contribution is -2.28. The molecule has 5 nitrogen and oxygen atoms in total. The summed E-state index contributed by atoms with van der Waals surface area (Å²) in [6.45, 7) is 1.83. The van der Waals surface area contributed by atoms with E-state index in [1.54, 1.807) is 0 Å². The van der Waals surface area contributed by atoms with Crippen LogP contribution in [-0.4, -0.2) is 38.6 Å². The highest BCUT2D eigenvalue weighted by Crippen LogP contribution is 2.23. The standard InChI is InChI=1S/C7H11N5/c1-12-4-2-6(3-5-12)7-8-10-11-9-7/h1,6H,2-5H2,(H,8,9,10,11). The van der Waals surface area contributed by atoms with Gasteiger partial charge in [0.15, 0.2) is 5.82 Å². The average Bonchev–Trinajstić information content (AvgIpc) is 2.58. The molecule has 0 spiro atoms.